The van der Waals surface area contributed by atoms with E-state index in [2.05, 4.69) is 52.5 Å². The third-order valence-corrected chi connectivity index (χ3v) is 5.58. The Morgan fingerprint density at radius 1 is 1.00 bits per heavy atom. The lowest BCUT2D eigenvalue weighted by Gasteiger charge is -2.25. The molecule has 2 aromatic carbocycles. The number of aromatic amines is 1. The second-order valence-corrected chi connectivity index (χ2v) is 7.49. The Morgan fingerprint density at radius 2 is 1.77 bits per heavy atom. The number of para-hydroxylation sites is 1. The van der Waals surface area contributed by atoms with Crippen molar-refractivity contribution in [1.82, 2.24) is 14.7 Å². The Hall–Kier alpha value is -2.59. The smallest absolute Gasteiger partial charge is 0.274 e. The SMILES string of the molecule is O=c1c2c([nH]n1-c1ccccc1C1CC1)CN(Cc1ccccc1)CC2. The minimum atomic E-state index is 0.132. The lowest BCUT2D eigenvalue weighted by Crippen LogP contribution is -2.31. The first-order chi connectivity index (χ1) is 12.8. The number of fused-ring (bicyclic) bond motifs is 1. The highest BCUT2D eigenvalue weighted by atomic mass is 16.1. The molecule has 0 unspecified atom stereocenters. The molecule has 4 heteroatoms. The quantitative estimate of drug-likeness (QED) is 0.785. The fourth-order valence-corrected chi connectivity index (χ4v) is 4.06. The Bertz CT molecular complexity index is 982. The summed E-state index contributed by atoms with van der Waals surface area (Å²) in [4.78, 5) is 15.4. The molecule has 0 bridgehead atoms. The fourth-order valence-electron chi connectivity index (χ4n) is 4.06. The van der Waals surface area contributed by atoms with Crippen LogP contribution in [0, 0.1) is 0 Å². The number of rotatable bonds is 4. The Kier molecular flexibility index (Phi) is 3.79. The molecule has 1 fully saturated rings. The first kappa shape index (κ1) is 15.6. The average Bonchev–Trinajstić information content (AvgIpc) is 3.47. The molecule has 2 heterocycles. The van der Waals surface area contributed by atoms with Gasteiger partial charge in [0.2, 0.25) is 0 Å². The molecule has 1 saturated carbocycles. The molecule has 0 radical (unpaired) electrons. The molecular weight excluding hydrogens is 322 g/mol. The van der Waals surface area contributed by atoms with Gasteiger partial charge in [0.05, 0.1) is 11.4 Å². The molecule has 1 aliphatic carbocycles. The predicted octanol–water partition coefficient (Wildman–Crippen LogP) is 3.60. The largest absolute Gasteiger partial charge is 0.293 e. The van der Waals surface area contributed by atoms with Crippen LogP contribution in [0.5, 0.6) is 0 Å². The maximum absolute atomic E-state index is 13.0. The lowest BCUT2D eigenvalue weighted by atomic mass is 10.1. The van der Waals surface area contributed by atoms with E-state index in [1.807, 2.05) is 12.1 Å². The summed E-state index contributed by atoms with van der Waals surface area (Å²) >= 11 is 0. The monoisotopic (exact) mass is 345 g/mol. The molecule has 1 N–H and O–H groups in total. The van der Waals surface area contributed by atoms with E-state index in [1.165, 1.54) is 24.0 Å². The molecule has 26 heavy (non-hydrogen) atoms. The number of nitrogens with zero attached hydrogens (tertiary/aromatic N) is 2. The maximum Gasteiger partial charge on any atom is 0.274 e. The zero-order valence-corrected chi connectivity index (χ0v) is 14.8. The highest BCUT2D eigenvalue weighted by molar-refractivity contribution is 5.45. The van der Waals surface area contributed by atoms with Crippen molar-refractivity contribution >= 4 is 0 Å². The van der Waals surface area contributed by atoms with Crippen LogP contribution < -0.4 is 5.56 Å². The highest BCUT2D eigenvalue weighted by Gasteiger charge is 2.28. The molecule has 0 atom stereocenters. The van der Waals surface area contributed by atoms with Crippen LogP contribution >= 0.6 is 0 Å². The Labute approximate surface area is 153 Å². The van der Waals surface area contributed by atoms with E-state index >= 15 is 0 Å². The molecule has 1 aliphatic heterocycles. The summed E-state index contributed by atoms with van der Waals surface area (Å²) in [6.45, 7) is 2.66. The molecule has 0 saturated heterocycles. The van der Waals surface area contributed by atoms with Gasteiger partial charge in [0, 0.05) is 25.2 Å². The number of hydrogen-bond donors (Lipinski definition) is 1. The van der Waals surface area contributed by atoms with Gasteiger partial charge in [-0.3, -0.25) is 14.8 Å². The van der Waals surface area contributed by atoms with Crippen molar-refractivity contribution in [2.24, 2.45) is 0 Å². The van der Waals surface area contributed by atoms with E-state index in [4.69, 9.17) is 0 Å². The van der Waals surface area contributed by atoms with Gasteiger partial charge in [-0.15, -0.1) is 0 Å². The normalized spacial score (nSPS) is 17.2. The van der Waals surface area contributed by atoms with Crippen molar-refractivity contribution in [3.8, 4) is 5.69 Å². The minimum absolute atomic E-state index is 0.132. The molecule has 2 aliphatic rings. The summed E-state index contributed by atoms with van der Waals surface area (Å²) in [5.41, 5.74) is 5.81. The maximum atomic E-state index is 13.0. The van der Waals surface area contributed by atoms with Crippen LogP contribution in [0.2, 0.25) is 0 Å². The molecule has 5 rings (SSSR count). The summed E-state index contributed by atoms with van der Waals surface area (Å²) in [5.74, 6) is 0.619. The van der Waals surface area contributed by atoms with Crippen molar-refractivity contribution in [2.45, 2.75) is 38.3 Å². The highest BCUT2D eigenvalue weighted by Crippen LogP contribution is 2.42. The number of benzene rings is 2. The summed E-state index contributed by atoms with van der Waals surface area (Å²) in [7, 11) is 0. The lowest BCUT2D eigenvalue weighted by molar-refractivity contribution is 0.242. The number of aromatic nitrogens is 2. The summed E-state index contributed by atoms with van der Waals surface area (Å²) in [6.07, 6.45) is 3.28. The van der Waals surface area contributed by atoms with Crippen molar-refractivity contribution < 1.29 is 0 Å². The third-order valence-electron chi connectivity index (χ3n) is 5.58. The van der Waals surface area contributed by atoms with Crippen molar-refractivity contribution in [2.75, 3.05) is 6.54 Å². The predicted molar refractivity (Wildman–Crippen MR) is 103 cm³/mol. The third kappa shape index (κ3) is 2.80. The van der Waals surface area contributed by atoms with Gasteiger partial charge in [-0.2, -0.15) is 0 Å². The van der Waals surface area contributed by atoms with Crippen LogP contribution in [0.3, 0.4) is 0 Å². The standard InChI is InChI=1S/C22H23N3O/c26-22-19-12-13-24(14-16-6-2-1-3-7-16)15-20(19)23-25(22)21-9-5-4-8-18(21)17-10-11-17/h1-9,17,23H,10-15H2. The van der Waals surface area contributed by atoms with Crippen LogP contribution in [-0.4, -0.2) is 21.2 Å². The van der Waals surface area contributed by atoms with Gasteiger partial charge in [-0.25, -0.2) is 4.68 Å². The van der Waals surface area contributed by atoms with Gasteiger partial charge in [-0.05, 0) is 42.4 Å². The van der Waals surface area contributed by atoms with E-state index in [-0.39, 0.29) is 5.56 Å². The first-order valence-electron chi connectivity index (χ1n) is 9.48. The summed E-state index contributed by atoms with van der Waals surface area (Å²) < 4.78 is 1.78. The van der Waals surface area contributed by atoms with Crippen LogP contribution in [-0.2, 0) is 19.5 Å². The molecule has 132 valence electrons. The van der Waals surface area contributed by atoms with Gasteiger partial charge < -0.3 is 0 Å². The number of nitrogens with one attached hydrogen (secondary N) is 1. The van der Waals surface area contributed by atoms with E-state index in [0.717, 1.165) is 43.0 Å². The molecule has 3 aromatic rings. The summed E-state index contributed by atoms with van der Waals surface area (Å²) in [6, 6.07) is 18.9. The molecule has 4 nitrogen and oxygen atoms in total. The molecule has 0 spiro atoms. The van der Waals surface area contributed by atoms with E-state index < -0.39 is 0 Å². The van der Waals surface area contributed by atoms with Gasteiger partial charge >= 0.3 is 0 Å². The van der Waals surface area contributed by atoms with Gasteiger partial charge in [0.25, 0.3) is 5.56 Å². The van der Waals surface area contributed by atoms with Crippen molar-refractivity contribution in [3.63, 3.8) is 0 Å². The molecule has 0 amide bonds. The number of H-pyrrole nitrogens is 1. The Balaban J connectivity index is 1.45. The average molecular weight is 345 g/mol. The summed E-state index contributed by atoms with van der Waals surface area (Å²) in [5, 5.41) is 3.42. The molecular formula is C22H23N3O. The topological polar surface area (TPSA) is 41.0 Å². The van der Waals surface area contributed by atoms with E-state index in [9.17, 15) is 4.79 Å². The van der Waals surface area contributed by atoms with Crippen LogP contribution in [0.25, 0.3) is 5.69 Å². The van der Waals surface area contributed by atoms with E-state index in [0.29, 0.717) is 5.92 Å². The van der Waals surface area contributed by atoms with Crippen molar-refractivity contribution in [3.05, 3.63) is 87.3 Å². The first-order valence-corrected chi connectivity index (χ1v) is 9.48. The van der Waals surface area contributed by atoms with Gasteiger partial charge in [-0.1, -0.05) is 48.5 Å². The van der Waals surface area contributed by atoms with Crippen LogP contribution in [0.4, 0.5) is 0 Å². The zero-order valence-electron chi connectivity index (χ0n) is 14.8. The minimum Gasteiger partial charge on any atom is -0.293 e. The van der Waals surface area contributed by atoms with E-state index in [1.54, 1.807) is 4.68 Å². The second kappa shape index (κ2) is 6.29. The zero-order chi connectivity index (χ0) is 17.5. The molecule has 1 aromatic heterocycles. The van der Waals surface area contributed by atoms with Gasteiger partial charge in [0.1, 0.15) is 0 Å². The fraction of sp³-hybridized carbons (Fsp3) is 0.318. The van der Waals surface area contributed by atoms with Crippen LogP contribution in [0.15, 0.2) is 59.4 Å². The van der Waals surface area contributed by atoms with Gasteiger partial charge in [0.15, 0.2) is 0 Å². The Morgan fingerprint density at radius 3 is 2.58 bits per heavy atom. The van der Waals surface area contributed by atoms with Crippen LogP contribution in [0.1, 0.15) is 41.1 Å². The second-order valence-electron chi connectivity index (χ2n) is 7.49. The number of hydrogen-bond acceptors (Lipinski definition) is 2. The van der Waals surface area contributed by atoms with Crippen molar-refractivity contribution in [1.29, 1.82) is 0 Å².